The Kier molecular flexibility index (Phi) is 1.54. The Labute approximate surface area is 74.3 Å². The standard InChI is InChI=1S/C8H7ClN2O/c1-4-3-6(9)5(2)8-7(4)10-12-11-8/h3H,1-2H3. The summed E-state index contributed by atoms with van der Waals surface area (Å²) < 4.78 is 4.62. The van der Waals surface area contributed by atoms with E-state index in [1.54, 1.807) is 0 Å². The minimum absolute atomic E-state index is 0.704. The summed E-state index contributed by atoms with van der Waals surface area (Å²) in [6.07, 6.45) is 0. The summed E-state index contributed by atoms with van der Waals surface area (Å²) >= 11 is 5.94. The maximum absolute atomic E-state index is 5.94. The Morgan fingerprint density at radius 1 is 1.25 bits per heavy atom. The van der Waals surface area contributed by atoms with Crippen LogP contribution in [0.3, 0.4) is 0 Å². The number of fused-ring (bicyclic) bond motifs is 1. The van der Waals surface area contributed by atoms with Crippen LogP contribution in [0, 0.1) is 13.8 Å². The number of halogens is 1. The van der Waals surface area contributed by atoms with Crippen LogP contribution in [-0.4, -0.2) is 10.3 Å². The number of hydrogen-bond donors (Lipinski definition) is 0. The summed E-state index contributed by atoms with van der Waals surface area (Å²) in [6.45, 7) is 3.83. The molecule has 0 unspecified atom stereocenters. The first-order valence-corrected chi connectivity index (χ1v) is 3.96. The average Bonchev–Trinajstić information content (AvgIpc) is 2.48. The molecule has 0 aliphatic carbocycles. The third-order valence-electron chi connectivity index (χ3n) is 1.92. The normalized spacial score (nSPS) is 10.9. The Hall–Kier alpha value is -1.09. The molecule has 2 rings (SSSR count). The van der Waals surface area contributed by atoms with Crippen LogP contribution in [0.15, 0.2) is 10.7 Å². The molecule has 0 amide bonds. The van der Waals surface area contributed by atoms with E-state index in [1.807, 2.05) is 19.9 Å². The van der Waals surface area contributed by atoms with Gasteiger partial charge in [-0.2, -0.15) is 0 Å². The molecule has 0 saturated heterocycles. The molecular weight excluding hydrogens is 176 g/mol. The highest BCUT2D eigenvalue weighted by molar-refractivity contribution is 6.32. The first-order chi connectivity index (χ1) is 5.70. The van der Waals surface area contributed by atoms with E-state index in [9.17, 15) is 0 Å². The van der Waals surface area contributed by atoms with E-state index in [0.29, 0.717) is 5.02 Å². The van der Waals surface area contributed by atoms with Crippen molar-refractivity contribution < 1.29 is 4.63 Å². The lowest BCUT2D eigenvalue weighted by Gasteiger charge is -1.98. The first-order valence-electron chi connectivity index (χ1n) is 3.58. The second kappa shape index (κ2) is 2.45. The molecule has 0 atom stereocenters. The summed E-state index contributed by atoms with van der Waals surface area (Å²) in [6, 6.07) is 1.86. The Balaban J connectivity index is 2.97. The van der Waals surface area contributed by atoms with Gasteiger partial charge in [-0.1, -0.05) is 11.6 Å². The number of benzene rings is 1. The third-order valence-corrected chi connectivity index (χ3v) is 2.31. The van der Waals surface area contributed by atoms with E-state index in [-0.39, 0.29) is 0 Å². The lowest BCUT2D eigenvalue weighted by atomic mass is 10.1. The quantitative estimate of drug-likeness (QED) is 0.629. The van der Waals surface area contributed by atoms with Gasteiger partial charge in [0.1, 0.15) is 11.0 Å². The molecule has 12 heavy (non-hydrogen) atoms. The number of hydrogen-bond acceptors (Lipinski definition) is 3. The number of aryl methyl sites for hydroxylation is 2. The van der Waals surface area contributed by atoms with Crippen LogP contribution in [-0.2, 0) is 0 Å². The van der Waals surface area contributed by atoms with E-state index >= 15 is 0 Å². The summed E-state index contributed by atoms with van der Waals surface area (Å²) in [5.41, 5.74) is 3.44. The van der Waals surface area contributed by atoms with Gasteiger partial charge < -0.3 is 0 Å². The molecule has 0 saturated carbocycles. The highest BCUT2D eigenvalue weighted by atomic mass is 35.5. The molecule has 4 heteroatoms. The van der Waals surface area contributed by atoms with E-state index < -0.39 is 0 Å². The molecular formula is C8H7ClN2O. The molecule has 0 aliphatic heterocycles. The van der Waals surface area contributed by atoms with Gasteiger partial charge in [0, 0.05) is 5.02 Å². The van der Waals surface area contributed by atoms with Crippen molar-refractivity contribution in [2.45, 2.75) is 13.8 Å². The molecule has 0 N–H and O–H groups in total. The second-order valence-electron chi connectivity index (χ2n) is 2.76. The molecule has 0 spiro atoms. The van der Waals surface area contributed by atoms with E-state index in [0.717, 1.165) is 22.2 Å². The van der Waals surface area contributed by atoms with Gasteiger partial charge in [-0.05, 0) is 41.4 Å². The van der Waals surface area contributed by atoms with Gasteiger partial charge in [0.25, 0.3) is 0 Å². The summed E-state index contributed by atoms with van der Waals surface area (Å²) in [4.78, 5) is 0. The van der Waals surface area contributed by atoms with Crippen molar-refractivity contribution >= 4 is 22.6 Å². The Morgan fingerprint density at radius 2 is 1.92 bits per heavy atom. The summed E-state index contributed by atoms with van der Waals surface area (Å²) in [5, 5.41) is 8.25. The number of rotatable bonds is 0. The lowest BCUT2D eigenvalue weighted by Crippen LogP contribution is -1.83. The van der Waals surface area contributed by atoms with Crippen LogP contribution >= 0.6 is 11.6 Å². The Bertz CT molecular complexity index is 436. The first kappa shape index (κ1) is 7.55. The molecule has 2 aromatic rings. The zero-order valence-electron chi connectivity index (χ0n) is 6.76. The summed E-state index contributed by atoms with van der Waals surface area (Å²) in [5.74, 6) is 0. The van der Waals surface area contributed by atoms with E-state index in [2.05, 4.69) is 14.9 Å². The maximum Gasteiger partial charge on any atom is 0.139 e. The smallest absolute Gasteiger partial charge is 0.139 e. The largest absolute Gasteiger partial charge is 0.243 e. The molecule has 0 aliphatic rings. The van der Waals surface area contributed by atoms with Crippen LogP contribution in [0.4, 0.5) is 0 Å². The topological polar surface area (TPSA) is 38.9 Å². The highest BCUT2D eigenvalue weighted by Crippen LogP contribution is 2.25. The monoisotopic (exact) mass is 182 g/mol. The molecule has 1 heterocycles. The van der Waals surface area contributed by atoms with Crippen molar-refractivity contribution in [2.75, 3.05) is 0 Å². The van der Waals surface area contributed by atoms with Crippen LogP contribution in [0.25, 0.3) is 11.0 Å². The number of aromatic nitrogens is 2. The fraction of sp³-hybridized carbons (Fsp3) is 0.250. The molecule has 1 aromatic carbocycles. The fourth-order valence-electron chi connectivity index (χ4n) is 1.17. The zero-order chi connectivity index (χ0) is 8.72. The van der Waals surface area contributed by atoms with E-state index in [4.69, 9.17) is 11.6 Å². The van der Waals surface area contributed by atoms with E-state index in [1.165, 1.54) is 0 Å². The van der Waals surface area contributed by atoms with Crippen molar-refractivity contribution in [3.05, 3.63) is 22.2 Å². The minimum atomic E-state index is 0.704. The van der Waals surface area contributed by atoms with Crippen molar-refractivity contribution in [1.29, 1.82) is 0 Å². The van der Waals surface area contributed by atoms with Crippen LogP contribution in [0.2, 0.25) is 5.02 Å². The summed E-state index contributed by atoms with van der Waals surface area (Å²) in [7, 11) is 0. The van der Waals surface area contributed by atoms with Crippen molar-refractivity contribution in [1.82, 2.24) is 10.3 Å². The van der Waals surface area contributed by atoms with Gasteiger partial charge in [-0.25, -0.2) is 4.63 Å². The minimum Gasteiger partial charge on any atom is -0.243 e. The predicted octanol–water partition coefficient (Wildman–Crippen LogP) is 2.49. The predicted molar refractivity (Wildman–Crippen MR) is 46.3 cm³/mol. The highest BCUT2D eigenvalue weighted by Gasteiger charge is 2.09. The van der Waals surface area contributed by atoms with Crippen molar-refractivity contribution in [2.24, 2.45) is 0 Å². The van der Waals surface area contributed by atoms with Gasteiger partial charge in [0.15, 0.2) is 0 Å². The fourth-order valence-corrected chi connectivity index (χ4v) is 1.43. The lowest BCUT2D eigenvalue weighted by molar-refractivity contribution is 0.315. The molecule has 3 nitrogen and oxygen atoms in total. The van der Waals surface area contributed by atoms with Gasteiger partial charge >= 0.3 is 0 Å². The molecule has 62 valence electrons. The van der Waals surface area contributed by atoms with Crippen molar-refractivity contribution in [3.8, 4) is 0 Å². The second-order valence-corrected chi connectivity index (χ2v) is 3.17. The van der Waals surface area contributed by atoms with Crippen LogP contribution < -0.4 is 0 Å². The van der Waals surface area contributed by atoms with Gasteiger partial charge in [0.2, 0.25) is 0 Å². The molecule has 0 radical (unpaired) electrons. The van der Waals surface area contributed by atoms with Crippen LogP contribution in [0.1, 0.15) is 11.1 Å². The number of nitrogens with zero attached hydrogens (tertiary/aromatic N) is 2. The molecule has 0 bridgehead atoms. The van der Waals surface area contributed by atoms with Gasteiger partial charge in [0.05, 0.1) is 0 Å². The zero-order valence-corrected chi connectivity index (χ0v) is 7.51. The molecule has 0 fully saturated rings. The van der Waals surface area contributed by atoms with Gasteiger partial charge in [-0.15, -0.1) is 0 Å². The average molecular weight is 183 g/mol. The molecule has 1 aromatic heterocycles. The van der Waals surface area contributed by atoms with Crippen LogP contribution in [0.5, 0.6) is 0 Å². The SMILES string of the molecule is Cc1cc(Cl)c(C)c2nonc12. The maximum atomic E-state index is 5.94. The van der Waals surface area contributed by atoms with Crippen molar-refractivity contribution in [3.63, 3.8) is 0 Å². The third kappa shape index (κ3) is 0.898. The Morgan fingerprint density at radius 3 is 2.67 bits per heavy atom. The van der Waals surface area contributed by atoms with Gasteiger partial charge in [-0.3, -0.25) is 0 Å².